The highest BCUT2D eigenvalue weighted by Gasteiger charge is 2.28. The summed E-state index contributed by atoms with van der Waals surface area (Å²) in [7, 11) is -2.22. The second kappa shape index (κ2) is 10.6. The molecule has 0 unspecified atom stereocenters. The Morgan fingerprint density at radius 1 is 1.31 bits per heavy atom. The third-order valence-corrected chi connectivity index (χ3v) is 8.40. The molecule has 5 N–H and O–H groups in total. The molecule has 1 saturated heterocycles. The van der Waals surface area contributed by atoms with E-state index >= 15 is 0 Å². The van der Waals surface area contributed by atoms with Crippen molar-refractivity contribution in [3.8, 4) is 5.75 Å². The second-order valence-corrected chi connectivity index (χ2v) is 12.1. The van der Waals surface area contributed by atoms with Crippen LogP contribution in [0.3, 0.4) is 0 Å². The number of rotatable bonds is 10. The molecule has 10 nitrogen and oxygen atoms in total. The van der Waals surface area contributed by atoms with Crippen molar-refractivity contribution in [1.29, 1.82) is 5.41 Å². The molecule has 2 fully saturated rings. The average molecular weight is 534 g/mol. The van der Waals surface area contributed by atoms with Gasteiger partial charge in [0.15, 0.2) is 20.7 Å². The minimum atomic E-state index is -3.83. The molecule has 0 atom stereocenters. The van der Waals surface area contributed by atoms with Crippen LogP contribution in [0.4, 0.5) is 17.5 Å². The molecule has 2 heterocycles. The summed E-state index contributed by atoms with van der Waals surface area (Å²) in [6.45, 7) is 7.03. The lowest BCUT2D eigenvalue weighted by molar-refractivity contribution is 0.303. The Morgan fingerprint density at radius 2 is 2.03 bits per heavy atom. The van der Waals surface area contributed by atoms with Gasteiger partial charge >= 0.3 is 0 Å². The highest BCUT2D eigenvalue weighted by molar-refractivity contribution is 8.07. The van der Waals surface area contributed by atoms with Gasteiger partial charge in [0, 0.05) is 32.3 Å². The number of hydrogen-bond acceptors (Lipinski definition) is 10. The summed E-state index contributed by atoms with van der Waals surface area (Å²) in [6.07, 6.45) is 5.08. The largest absolute Gasteiger partial charge is 0.488 e. The number of aromatic nitrogens is 2. The number of sulfone groups is 1. The fourth-order valence-electron chi connectivity index (χ4n) is 3.67. The van der Waals surface area contributed by atoms with Crippen LogP contribution in [-0.2, 0) is 9.84 Å². The third kappa shape index (κ3) is 5.74. The van der Waals surface area contributed by atoms with Crippen molar-refractivity contribution < 1.29 is 13.2 Å². The van der Waals surface area contributed by atoms with Gasteiger partial charge in [0.25, 0.3) is 0 Å². The van der Waals surface area contributed by atoms with Crippen LogP contribution in [0.2, 0.25) is 5.02 Å². The fraction of sp³-hybridized carbons (Fsp3) is 0.458. The van der Waals surface area contributed by atoms with Gasteiger partial charge in [0.1, 0.15) is 10.8 Å². The van der Waals surface area contributed by atoms with Crippen LogP contribution < -0.4 is 26.0 Å². The minimum Gasteiger partial charge on any atom is -0.488 e. The van der Waals surface area contributed by atoms with Gasteiger partial charge in [-0.15, -0.1) is 0 Å². The molecule has 1 aromatic heterocycles. The Bertz CT molecular complexity index is 1290. The number of aryl methyl sites for hydroxylation is 1. The molecule has 1 aliphatic heterocycles. The maximum Gasteiger partial charge on any atom is 0.229 e. The summed E-state index contributed by atoms with van der Waals surface area (Å²) in [4.78, 5) is 8.75. The number of benzene rings is 1. The summed E-state index contributed by atoms with van der Waals surface area (Å²) >= 11 is 6.32. The van der Waals surface area contributed by atoms with E-state index in [1.165, 1.54) is 31.8 Å². The van der Waals surface area contributed by atoms with Crippen molar-refractivity contribution in [1.82, 2.24) is 20.6 Å². The number of ether oxygens (including phenoxy) is 1. The van der Waals surface area contributed by atoms with E-state index in [9.17, 15) is 8.42 Å². The van der Waals surface area contributed by atoms with Crippen LogP contribution in [-0.4, -0.2) is 54.9 Å². The van der Waals surface area contributed by atoms with Crippen molar-refractivity contribution in [3.05, 3.63) is 46.4 Å². The molecule has 1 aliphatic carbocycles. The molecular formula is C24H32ClN7O3S. The van der Waals surface area contributed by atoms with Crippen molar-refractivity contribution in [3.63, 3.8) is 0 Å². The van der Waals surface area contributed by atoms with Gasteiger partial charge in [0.2, 0.25) is 5.95 Å². The number of nitrogens with zero attached hydrogens (tertiary/aromatic N) is 2. The zero-order valence-corrected chi connectivity index (χ0v) is 22.3. The van der Waals surface area contributed by atoms with Crippen LogP contribution in [0.5, 0.6) is 5.75 Å². The standard InChI is InChI=1S/C24H32ClN7O3S/c1-13(2)36(33,34)22(26)20(12-27-4)30-23-18(25)11-29-24(32-23)31-19-7-14(3)17(15-9-28-10-15)8-21(19)35-16-5-6-16/h7-8,11-13,15-16,26-28H,5-6,9-10H2,1-4H3,(H2,29,30,31,32)/b20-12+,26-22?. The number of anilines is 3. The first kappa shape index (κ1) is 26.2. The van der Waals surface area contributed by atoms with E-state index in [-0.39, 0.29) is 28.6 Å². The van der Waals surface area contributed by atoms with Gasteiger partial charge in [-0.05, 0) is 56.9 Å². The van der Waals surface area contributed by atoms with Gasteiger partial charge in [-0.2, -0.15) is 4.98 Å². The van der Waals surface area contributed by atoms with Gasteiger partial charge in [0.05, 0.1) is 28.9 Å². The minimum absolute atomic E-state index is 0.0183. The van der Waals surface area contributed by atoms with E-state index in [1.54, 1.807) is 7.05 Å². The zero-order valence-electron chi connectivity index (χ0n) is 20.8. The van der Waals surface area contributed by atoms with Crippen molar-refractivity contribution in [2.75, 3.05) is 30.8 Å². The Kier molecular flexibility index (Phi) is 7.72. The van der Waals surface area contributed by atoms with Crippen LogP contribution >= 0.6 is 11.6 Å². The molecule has 194 valence electrons. The molecule has 1 saturated carbocycles. The summed E-state index contributed by atoms with van der Waals surface area (Å²) in [5.41, 5.74) is 3.17. The first-order valence-corrected chi connectivity index (χ1v) is 13.8. The Balaban J connectivity index is 1.62. The molecule has 0 radical (unpaired) electrons. The second-order valence-electron chi connectivity index (χ2n) is 9.29. The maximum absolute atomic E-state index is 12.6. The lowest BCUT2D eigenvalue weighted by atomic mass is 9.89. The molecule has 2 aromatic rings. The van der Waals surface area contributed by atoms with Crippen molar-refractivity contribution in [2.24, 2.45) is 0 Å². The van der Waals surface area contributed by atoms with Crippen LogP contribution in [0.15, 0.2) is 30.2 Å². The number of hydrogen-bond donors (Lipinski definition) is 5. The van der Waals surface area contributed by atoms with Gasteiger partial charge < -0.3 is 26.0 Å². The molecule has 0 spiro atoms. The Hall–Kier alpha value is -2.89. The van der Waals surface area contributed by atoms with Crippen LogP contribution in [0, 0.1) is 12.3 Å². The van der Waals surface area contributed by atoms with E-state index in [4.69, 9.17) is 21.7 Å². The summed E-state index contributed by atoms with van der Waals surface area (Å²) in [6, 6.07) is 4.14. The van der Waals surface area contributed by atoms with Crippen LogP contribution in [0.25, 0.3) is 0 Å². The van der Waals surface area contributed by atoms with Gasteiger partial charge in [-0.25, -0.2) is 13.4 Å². The molecule has 0 bridgehead atoms. The molecule has 1 aromatic carbocycles. The first-order chi connectivity index (χ1) is 17.1. The molecular weight excluding hydrogens is 502 g/mol. The van der Waals surface area contributed by atoms with Crippen molar-refractivity contribution >= 4 is 43.9 Å². The van der Waals surface area contributed by atoms with E-state index < -0.39 is 20.1 Å². The maximum atomic E-state index is 12.6. The van der Waals surface area contributed by atoms with Gasteiger partial charge in [-0.3, -0.25) is 5.41 Å². The van der Waals surface area contributed by atoms with E-state index in [0.29, 0.717) is 5.92 Å². The number of halogens is 1. The monoisotopic (exact) mass is 533 g/mol. The predicted molar refractivity (Wildman–Crippen MR) is 143 cm³/mol. The predicted octanol–water partition coefficient (Wildman–Crippen LogP) is 3.68. The zero-order chi connectivity index (χ0) is 26.0. The molecule has 0 amide bonds. The fourth-order valence-corrected chi connectivity index (χ4v) is 4.69. The summed E-state index contributed by atoms with van der Waals surface area (Å²) in [5.74, 6) is 1.64. The summed E-state index contributed by atoms with van der Waals surface area (Å²) < 4.78 is 31.3. The Labute approximate surface area is 216 Å². The topological polar surface area (TPSA) is 141 Å². The SMILES string of the molecule is CN/C=C(/Nc1nc(Nc2cc(C)c(C3CNC3)cc2OC2CC2)ncc1Cl)C(=N)S(=O)(=O)C(C)C. The Morgan fingerprint density at radius 3 is 2.61 bits per heavy atom. The first-order valence-electron chi connectivity index (χ1n) is 11.9. The smallest absolute Gasteiger partial charge is 0.229 e. The quantitative estimate of drug-likeness (QED) is 0.228. The van der Waals surface area contributed by atoms with Gasteiger partial charge in [-0.1, -0.05) is 11.6 Å². The molecule has 2 aliphatic rings. The molecule has 4 rings (SSSR count). The summed E-state index contributed by atoms with van der Waals surface area (Å²) in [5, 5.41) is 19.3. The average Bonchev–Trinajstić information content (AvgIpc) is 3.60. The highest BCUT2D eigenvalue weighted by Crippen LogP contribution is 2.38. The number of nitrogens with one attached hydrogen (secondary N) is 5. The third-order valence-electron chi connectivity index (χ3n) is 6.09. The lowest BCUT2D eigenvalue weighted by Crippen LogP contribution is -2.40. The van der Waals surface area contributed by atoms with E-state index in [2.05, 4.69) is 44.2 Å². The van der Waals surface area contributed by atoms with E-state index in [0.717, 1.165) is 42.9 Å². The van der Waals surface area contributed by atoms with Crippen molar-refractivity contribution in [2.45, 2.75) is 50.9 Å². The highest BCUT2D eigenvalue weighted by atomic mass is 35.5. The molecule has 36 heavy (non-hydrogen) atoms. The molecule has 12 heteroatoms. The lowest BCUT2D eigenvalue weighted by Gasteiger charge is -2.29. The normalized spacial score (nSPS) is 16.4. The van der Waals surface area contributed by atoms with Crippen LogP contribution in [0.1, 0.15) is 43.7 Å². The van der Waals surface area contributed by atoms with E-state index in [1.807, 2.05) is 6.07 Å².